The number of anilines is 1. The summed E-state index contributed by atoms with van der Waals surface area (Å²) in [6.07, 6.45) is 3.89. The molecule has 1 rings (SSSR count). The maximum atomic E-state index is 12.5. The molecule has 1 aromatic rings. The highest BCUT2D eigenvalue weighted by Gasteiger charge is 2.20. The summed E-state index contributed by atoms with van der Waals surface area (Å²) in [5.74, 6) is -0.369. The van der Waals surface area contributed by atoms with E-state index in [0.29, 0.717) is 5.75 Å². The molecular weight excluding hydrogens is 282 g/mol. The van der Waals surface area contributed by atoms with Crippen molar-refractivity contribution >= 4 is 17.6 Å². The summed E-state index contributed by atoms with van der Waals surface area (Å²) in [5.41, 5.74) is 0.780. The molecule has 1 unspecified atom stereocenters. The number of benzene rings is 1. The highest BCUT2D eigenvalue weighted by molar-refractivity contribution is 5.94. The van der Waals surface area contributed by atoms with Crippen LogP contribution in [0.4, 0.5) is 5.69 Å². The third-order valence-corrected chi connectivity index (χ3v) is 3.67. The van der Waals surface area contributed by atoms with E-state index in [-0.39, 0.29) is 18.4 Å². The van der Waals surface area contributed by atoms with Gasteiger partial charge in [-0.05, 0) is 37.1 Å². The normalized spacial score (nSPS) is 11.8. The van der Waals surface area contributed by atoms with Crippen LogP contribution in [-0.2, 0) is 9.59 Å². The second-order valence-electron chi connectivity index (χ2n) is 5.32. The second-order valence-corrected chi connectivity index (χ2v) is 5.32. The topological polar surface area (TPSA) is 66.8 Å². The highest BCUT2D eigenvalue weighted by atomic mass is 16.5. The average molecular weight is 307 g/mol. The van der Waals surface area contributed by atoms with Crippen LogP contribution in [0.1, 0.15) is 39.5 Å². The van der Waals surface area contributed by atoms with Crippen molar-refractivity contribution in [3.8, 4) is 5.75 Å². The molecule has 1 atom stereocenters. The Labute approximate surface area is 131 Å². The Morgan fingerprint density at radius 1 is 1.23 bits per heavy atom. The van der Waals surface area contributed by atoms with E-state index in [0.717, 1.165) is 31.4 Å². The Morgan fingerprint density at radius 2 is 1.86 bits per heavy atom. The van der Waals surface area contributed by atoms with E-state index in [9.17, 15) is 9.59 Å². The lowest BCUT2D eigenvalue weighted by Crippen LogP contribution is -2.32. The van der Waals surface area contributed by atoms with Crippen molar-refractivity contribution < 1.29 is 19.4 Å². The molecule has 22 heavy (non-hydrogen) atoms. The molecule has 0 fully saturated rings. The minimum absolute atomic E-state index is 0.0490. The third kappa shape index (κ3) is 5.39. The van der Waals surface area contributed by atoms with Crippen molar-refractivity contribution in [2.24, 2.45) is 5.92 Å². The average Bonchev–Trinajstić information content (AvgIpc) is 2.53. The van der Waals surface area contributed by atoms with Crippen molar-refractivity contribution in [2.45, 2.75) is 39.5 Å². The SMILES string of the molecule is CCCCC(CC)C(=O)N(C)c1ccc(OCC(=O)O)cc1. The molecule has 0 heterocycles. The first-order valence-corrected chi connectivity index (χ1v) is 7.71. The Bertz CT molecular complexity index is 484. The molecule has 0 radical (unpaired) electrons. The quantitative estimate of drug-likeness (QED) is 0.760. The van der Waals surface area contributed by atoms with Crippen LogP contribution >= 0.6 is 0 Å². The van der Waals surface area contributed by atoms with E-state index in [4.69, 9.17) is 9.84 Å². The Kier molecular flexibility index (Phi) is 7.43. The van der Waals surface area contributed by atoms with Gasteiger partial charge in [0, 0.05) is 18.7 Å². The molecule has 5 heteroatoms. The summed E-state index contributed by atoms with van der Waals surface area (Å²) in [4.78, 5) is 24.6. The van der Waals surface area contributed by atoms with Crippen molar-refractivity contribution in [1.82, 2.24) is 0 Å². The Morgan fingerprint density at radius 3 is 2.36 bits per heavy atom. The smallest absolute Gasteiger partial charge is 0.341 e. The zero-order chi connectivity index (χ0) is 16.5. The fourth-order valence-corrected chi connectivity index (χ4v) is 2.26. The summed E-state index contributed by atoms with van der Waals surface area (Å²) >= 11 is 0. The van der Waals surface area contributed by atoms with Gasteiger partial charge >= 0.3 is 5.97 Å². The van der Waals surface area contributed by atoms with Gasteiger partial charge in [-0.25, -0.2) is 4.79 Å². The molecule has 0 spiro atoms. The number of unbranched alkanes of at least 4 members (excludes halogenated alkanes) is 1. The van der Waals surface area contributed by atoms with Gasteiger partial charge in [-0.2, -0.15) is 0 Å². The minimum atomic E-state index is -1.02. The number of carbonyl (C=O) groups excluding carboxylic acids is 1. The Balaban J connectivity index is 2.69. The summed E-state index contributed by atoms with van der Waals surface area (Å²) in [6, 6.07) is 6.88. The first-order valence-electron chi connectivity index (χ1n) is 7.71. The van der Waals surface area contributed by atoms with Crippen LogP contribution < -0.4 is 9.64 Å². The first kappa shape index (κ1) is 18.0. The van der Waals surface area contributed by atoms with Crippen LogP contribution in [0.2, 0.25) is 0 Å². The van der Waals surface area contributed by atoms with Gasteiger partial charge in [0.15, 0.2) is 6.61 Å². The molecule has 1 N–H and O–H groups in total. The van der Waals surface area contributed by atoms with Gasteiger partial charge in [0.1, 0.15) is 5.75 Å². The largest absolute Gasteiger partial charge is 0.482 e. The number of hydrogen-bond donors (Lipinski definition) is 1. The number of carboxylic acids is 1. The molecule has 122 valence electrons. The van der Waals surface area contributed by atoms with Gasteiger partial charge in [-0.1, -0.05) is 26.7 Å². The number of carboxylic acid groups (broad SMARTS) is 1. The molecule has 1 aromatic carbocycles. The van der Waals surface area contributed by atoms with Gasteiger partial charge in [-0.3, -0.25) is 4.79 Å². The predicted octanol–water partition coefficient (Wildman–Crippen LogP) is 3.33. The maximum absolute atomic E-state index is 12.5. The number of nitrogens with zero attached hydrogens (tertiary/aromatic N) is 1. The molecule has 0 saturated carbocycles. The van der Waals surface area contributed by atoms with Gasteiger partial charge in [0.25, 0.3) is 0 Å². The van der Waals surface area contributed by atoms with Gasteiger partial charge < -0.3 is 14.7 Å². The number of aliphatic carboxylic acids is 1. The zero-order valence-corrected chi connectivity index (χ0v) is 13.5. The number of carbonyl (C=O) groups is 2. The van der Waals surface area contributed by atoms with Crippen molar-refractivity contribution in [1.29, 1.82) is 0 Å². The van der Waals surface area contributed by atoms with Crippen LogP contribution in [0.25, 0.3) is 0 Å². The number of amides is 1. The Hall–Kier alpha value is -2.04. The molecular formula is C17H25NO4. The van der Waals surface area contributed by atoms with E-state index < -0.39 is 5.97 Å². The van der Waals surface area contributed by atoms with E-state index in [2.05, 4.69) is 6.92 Å². The number of rotatable bonds is 9. The minimum Gasteiger partial charge on any atom is -0.482 e. The molecule has 0 aliphatic rings. The monoisotopic (exact) mass is 307 g/mol. The summed E-state index contributed by atoms with van der Waals surface area (Å²) in [6.45, 7) is 3.79. The predicted molar refractivity (Wildman–Crippen MR) is 86.3 cm³/mol. The third-order valence-electron chi connectivity index (χ3n) is 3.67. The maximum Gasteiger partial charge on any atom is 0.341 e. The molecule has 5 nitrogen and oxygen atoms in total. The molecule has 0 aliphatic heterocycles. The van der Waals surface area contributed by atoms with Crippen molar-refractivity contribution in [3.05, 3.63) is 24.3 Å². The van der Waals surface area contributed by atoms with Crippen LogP contribution in [0.3, 0.4) is 0 Å². The number of ether oxygens (including phenoxy) is 1. The summed E-state index contributed by atoms with van der Waals surface area (Å²) in [7, 11) is 1.77. The van der Waals surface area contributed by atoms with Gasteiger partial charge in [0.2, 0.25) is 5.91 Å². The van der Waals surface area contributed by atoms with Crippen LogP contribution in [0.5, 0.6) is 5.75 Å². The van der Waals surface area contributed by atoms with E-state index >= 15 is 0 Å². The lowest BCUT2D eigenvalue weighted by atomic mass is 9.97. The first-order chi connectivity index (χ1) is 10.5. The fourth-order valence-electron chi connectivity index (χ4n) is 2.26. The van der Waals surface area contributed by atoms with Crippen molar-refractivity contribution in [3.63, 3.8) is 0 Å². The van der Waals surface area contributed by atoms with Crippen LogP contribution in [-0.4, -0.2) is 30.6 Å². The molecule has 0 bridgehead atoms. The van der Waals surface area contributed by atoms with Gasteiger partial charge in [-0.15, -0.1) is 0 Å². The standard InChI is InChI=1S/C17H25NO4/c1-4-6-7-13(5-2)17(21)18(3)14-8-10-15(11-9-14)22-12-16(19)20/h8-11,13H,4-7,12H2,1-3H3,(H,19,20). The van der Waals surface area contributed by atoms with E-state index in [1.807, 2.05) is 6.92 Å². The van der Waals surface area contributed by atoms with Gasteiger partial charge in [0.05, 0.1) is 0 Å². The van der Waals surface area contributed by atoms with Crippen molar-refractivity contribution in [2.75, 3.05) is 18.6 Å². The molecule has 1 amide bonds. The zero-order valence-electron chi connectivity index (χ0n) is 13.5. The highest BCUT2D eigenvalue weighted by Crippen LogP contribution is 2.22. The molecule has 0 saturated heterocycles. The van der Waals surface area contributed by atoms with Crippen LogP contribution in [0, 0.1) is 5.92 Å². The van der Waals surface area contributed by atoms with E-state index in [1.54, 1.807) is 36.2 Å². The molecule has 0 aromatic heterocycles. The lowest BCUT2D eigenvalue weighted by molar-refractivity contribution is -0.139. The lowest BCUT2D eigenvalue weighted by Gasteiger charge is -2.23. The number of hydrogen-bond acceptors (Lipinski definition) is 3. The second kappa shape index (κ2) is 9.07. The summed E-state index contributed by atoms with van der Waals surface area (Å²) < 4.78 is 5.08. The summed E-state index contributed by atoms with van der Waals surface area (Å²) in [5, 5.41) is 8.57. The van der Waals surface area contributed by atoms with E-state index in [1.165, 1.54) is 0 Å². The van der Waals surface area contributed by atoms with Crippen LogP contribution in [0.15, 0.2) is 24.3 Å². The fraction of sp³-hybridized carbons (Fsp3) is 0.529. The molecule has 0 aliphatic carbocycles.